The Kier molecular flexibility index (Phi) is 3.56. The largest absolute Gasteiger partial charge is 0.381 e. The summed E-state index contributed by atoms with van der Waals surface area (Å²) < 4.78 is 0. The van der Waals surface area contributed by atoms with Crippen LogP contribution in [-0.4, -0.2) is 18.1 Å². The third kappa shape index (κ3) is 2.70. The highest BCUT2D eigenvalue weighted by Gasteiger charge is 2.45. The van der Waals surface area contributed by atoms with Crippen molar-refractivity contribution in [1.29, 1.82) is 0 Å². The van der Waals surface area contributed by atoms with Crippen LogP contribution in [-0.2, 0) is 0 Å². The van der Waals surface area contributed by atoms with Crippen molar-refractivity contribution in [2.75, 3.05) is 11.9 Å². The van der Waals surface area contributed by atoms with Crippen LogP contribution < -0.4 is 10.6 Å². The van der Waals surface area contributed by atoms with E-state index >= 15 is 0 Å². The van der Waals surface area contributed by atoms with E-state index in [9.17, 15) is 0 Å². The Morgan fingerprint density at radius 2 is 1.81 bits per heavy atom. The molecular formula is C19H30N2. The number of benzene rings is 1. The zero-order valence-electron chi connectivity index (χ0n) is 14.2. The third-order valence-corrected chi connectivity index (χ3v) is 5.65. The summed E-state index contributed by atoms with van der Waals surface area (Å²) in [6, 6.07) is 9.47. The molecule has 3 rings (SSSR count). The second kappa shape index (κ2) is 5.01. The molecule has 0 spiro atoms. The van der Waals surface area contributed by atoms with Crippen molar-refractivity contribution in [3.8, 4) is 0 Å². The Labute approximate surface area is 129 Å². The van der Waals surface area contributed by atoms with Crippen LogP contribution in [0, 0.1) is 11.3 Å². The van der Waals surface area contributed by atoms with Gasteiger partial charge in [0.1, 0.15) is 0 Å². The maximum Gasteiger partial charge on any atom is 0.0384 e. The van der Waals surface area contributed by atoms with Gasteiger partial charge in [-0.2, -0.15) is 0 Å². The van der Waals surface area contributed by atoms with Crippen molar-refractivity contribution in [3.63, 3.8) is 0 Å². The second-order valence-corrected chi connectivity index (χ2v) is 8.47. The molecule has 1 unspecified atom stereocenters. The van der Waals surface area contributed by atoms with Crippen LogP contribution >= 0.6 is 0 Å². The lowest BCUT2D eigenvalue weighted by Crippen LogP contribution is -2.41. The Balaban J connectivity index is 2.03. The van der Waals surface area contributed by atoms with E-state index in [2.05, 4.69) is 69.5 Å². The van der Waals surface area contributed by atoms with Gasteiger partial charge in [0.05, 0.1) is 0 Å². The molecule has 0 aromatic heterocycles. The van der Waals surface area contributed by atoms with Gasteiger partial charge in [-0.25, -0.2) is 0 Å². The summed E-state index contributed by atoms with van der Waals surface area (Å²) in [6.07, 6.45) is 2.44. The number of para-hydroxylation sites is 1. The molecule has 0 bridgehead atoms. The molecule has 1 aromatic carbocycles. The molecule has 2 heterocycles. The lowest BCUT2D eigenvalue weighted by atomic mass is 9.69. The van der Waals surface area contributed by atoms with E-state index in [0.717, 1.165) is 6.54 Å². The second-order valence-electron chi connectivity index (χ2n) is 8.47. The molecule has 0 saturated carbocycles. The van der Waals surface area contributed by atoms with Crippen LogP contribution in [0.1, 0.15) is 58.9 Å². The number of fused-ring (bicyclic) bond motifs is 3. The molecule has 116 valence electrons. The van der Waals surface area contributed by atoms with Crippen LogP contribution in [0.5, 0.6) is 0 Å². The molecule has 2 aliphatic rings. The van der Waals surface area contributed by atoms with Gasteiger partial charge in [-0.3, -0.25) is 0 Å². The van der Waals surface area contributed by atoms with Gasteiger partial charge in [0.2, 0.25) is 0 Å². The van der Waals surface area contributed by atoms with Gasteiger partial charge in [-0.15, -0.1) is 0 Å². The molecule has 2 nitrogen and oxygen atoms in total. The van der Waals surface area contributed by atoms with Crippen molar-refractivity contribution in [2.45, 2.75) is 65.0 Å². The van der Waals surface area contributed by atoms with Crippen molar-refractivity contribution < 1.29 is 0 Å². The Bertz CT molecular complexity index is 518. The summed E-state index contributed by atoms with van der Waals surface area (Å²) in [5.41, 5.74) is 3.41. The summed E-state index contributed by atoms with van der Waals surface area (Å²) in [6.45, 7) is 13.1. The smallest absolute Gasteiger partial charge is 0.0384 e. The minimum atomic E-state index is 0.224. The average Bonchev–Trinajstić information content (AvgIpc) is 2.77. The molecule has 1 aromatic rings. The van der Waals surface area contributed by atoms with Gasteiger partial charge >= 0.3 is 0 Å². The van der Waals surface area contributed by atoms with Gasteiger partial charge in [0.15, 0.2) is 0 Å². The summed E-state index contributed by atoms with van der Waals surface area (Å²) in [5.74, 6) is 1.29. The van der Waals surface area contributed by atoms with Gasteiger partial charge in [-0.1, -0.05) is 39.0 Å². The van der Waals surface area contributed by atoms with E-state index in [0.29, 0.717) is 23.3 Å². The summed E-state index contributed by atoms with van der Waals surface area (Å²) in [4.78, 5) is 0. The van der Waals surface area contributed by atoms with E-state index in [4.69, 9.17) is 0 Å². The predicted octanol–water partition coefficient (Wildman–Crippen LogP) is 4.39. The first-order valence-electron chi connectivity index (χ1n) is 8.41. The van der Waals surface area contributed by atoms with E-state index < -0.39 is 0 Å². The molecule has 0 amide bonds. The Hall–Kier alpha value is -1.02. The van der Waals surface area contributed by atoms with Crippen LogP contribution in [0.2, 0.25) is 0 Å². The highest BCUT2D eigenvalue weighted by molar-refractivity contribution is 5.60. The fourth-order valence-electron chi connectivity index (χ4n) is 4.56. The number of nitrogens with one attached hydrogen (secondary N) is 2. The normalized spacial score (nSPS) is 33.9. The molecular weight excluding hydrogens is 256 g/mol. The molecule has 21 heavy (non-hydrogen) atoms. The van der Waals surface area contributed by atoms with E-state index in [1.54, 1.807) is 0 Å². The quantitative estimate of drug-likeness (QED) is 0.739. The molecule has 3 atom stereocenters. The average molecular weight is 286 g/mol. The number of hydrogen-bond acceptors (Lipinski definition) is 2. The molecule has 2 heteroatoms. The summed E-state index contributed by atoms with van der Waals surface area (Å²) in [5, 5.41) is 7.62. The zero-order chi connectivity index (χ0) is 15.3. The Morgan fingerprint density at radius 3 is 2.57 bits per heavy atom. The maximum absolute atomic E-state index is 3.85. The first-order chi connectivity index (χ1) is 9.80. The van der Waals surface area contributed by atoms with Gasteiger partial charge in [0.25, 0.3) is 0 Å². The summed E-state index contributed by atoms with van der Waals surface area (Å²) in [7, 11) is 0. The van der Waals surface area contributed by atoms with Crippen molar-refractivity contribution in [3.05, 3.63) is 29.8 Å². The highest BCUT2D eigenvalue weighted by Crippen LogP contribution is 2.49. The number of hydrogen-bond donors (Lipinski definition) is 2. The van der Waals surface area contributed by atoms with Crippen LogP contribution in [0.15, 0.2) is 24.3 Å². The van der Waals surface area contributed by atoms with Crippen LogP contribution in [0.4, 0.5) is 5.69 Å². The fraction of sp³-hybridized carbons (Fsp3) is 0.684. The van der Waals surface area contributed by atoms with Crippen molar-refractivity contribution in [1.82, 2.24) is 5.32 Å². The molecule has 0 aliphatic carbocycles. The van der Waals surface area contributed by atoms with Gasteiger partial charge in [-0.05, 0) is 56.2 Å². The zero-order valence-corrected chi connectivity index (χ0v) is 14.2. The number of anilines is 1. The van der Waals surface area contributed by atoms with E-state index in [-0.39, 0.29) is 5.54 Å². The molecule has 0 radical (unpaired) electrons. The predicted molar refractivity (Wildman–Crippen MR) is 90.9 cm³/mol. The highest BCUT2D eigenvalue weighted by atomic mass is 15.0. The van der Waals surface area contributed by atoms with E-state index in [1.807, 2.05) is 0 Å². The van der Waals surface area contributed by atoms with Crippen LogP contribution in [0.3, 0.4) is 0 Å². The lowest BCUT2D eigenvalue weighted by Gasteiger charge is -2.38. The topological polar surface area (TPSA) is 24.1 Å². The first kappa shape index (κ1) is 14.9. The lowest BCUT2D eigenvalue weighted by molar-refractivity contribution is 0.233. The number of rotatable bonds is 0. The van der Waals surface area contributed by atoms with Crippen molar-refractivity contribution >= 4 is 5.69 Å². The van der Waals surface area contributed by atoms with E-state index in [1.165, 1.54) is 24.1 Å². The van der Waals surface area contributed by atoms with Gasteiger partial charge in [0, 0.05) is 23.2 Å². The van der Waals surface area contributed by atoms with Crippen LogP contribution in [0.25, 0.3) is 0 Å². The first-order valence-corrected chi connectivity index (χ1v) is 8.41. The minimum absolute atomic E-state index is 0.224. The molecule has 1 saturated heterocycles. The minimum Gasteiger partial charge on any atom is -0.381 e. The van der Waals surface area contributed by atoms with Gasteiger partial charge < -0.3 is 10.6 Å². The van der Waals surface area contributed by atoms with Crippen molar-refractivity contribution in [2.24, 2.45) is 11.3 Å². The monoisotopic (exact) mass is 286 g/mol. The molecule has 2 aliphatic heterocycles. The summed E-state index contributed by atoms with van der Waals surface area (Å²) >= 11 is 0. The fourth-order valence-corrected chi connectivity index (χ4v) is 4.56. The maximum atomic E-state index is 3.85. The standard InChI is InChI=1S/C19H30N2/c1-13-12-19(4,5)20-11-10-18(2,3)17-16(13)14-8-6-7-9-15(14)21-17/h6-9,13,16-17,20-21H,10-12H2,1-5H3/t13?,16-,17+/m0/s1. The third-order valence-electron chi connectivity index (χ3n) is 5.65. The molecule has 2 N–H and O–H groups in total. The SMILES string of the molecule is CC1CC(C)(C)NCCC(C)(C)[C@@H]2Nc3ccccc3[C@H]12. The molecule has 1 fully saturated rings. The Morgan fingerprint density at radius 1 is 1.10 bits per heavy atom.